The molecule has 2 aromatic carbocycles. The molecule has 0 spiro atoms. The summed E-state index contributed by atoms with van der Waals surface area (Å²) in [4.78, 5) is 18.3. The average Bonchev–Trinajstić information content (AvgIpc) is 3.57. The Bertz CT molecular complexity index is 1240. The first kappa shape index (κ1) is 24.3. The van der Waals surface area contributed by atoms with Crippen molar-refractivity contribution in [2.45, 2.75) is 13.8 Å². The zero-order valence-corrected chi connectivity index (χ0v) is 20.5. The Morgan fingerprint density at radius 1 is 1.20 bits per heavy atom. The van der Waals surface area contributed by atoms with Crippen LogP contribution in [0.1, 0.15) is 29.2 Å². The number of quaternary nitrogens is 1. The van der Waals surface area contributed by atoms with Crippen molar-refractivity contribution in [1.82, 2.24) is 4.98 Å². The molecule has 4 rings (SSSR count). The maximum Gasteiger partial charge on any atom is 0.338 e. The highest BCUT2D eigenvalue weighted by Gasteiger charge is 2.16. The number of carbonyl (C=O) groups is 1. The summed E-state index contributed by atoms with van der Waals surface area (Å²) in [6.07, 6.45) is 1.61. The van der Waals surface area contributed by atoms with Crippen LogP contribution in [0.2, 0.25) is 0 Å². The van der Waals surface area contributed by atoms with Gasteiger partial charge in [-0.2, -0.15) is 5.26 Å². The van der Waals surface area contributed by atoms with Gasteiger partial charge in [0, 0.05) is 22.8 Å². The zero-order valence-electron chi connectivity index (χ0n) is 19.7. The molecule has 0 saturated heterocycles. The fraction of sp³-hybridized carbons (Fsp3) is 0.269. The van der Waals surface area contributed by atoms with Gasteiger partial charge in [-0.3, -0.25) is 0 Å². The third-order valence-corrected chi connectivity index (χ3v) is 6.59. The molecule has 0 amide bonds. The van der Waals surface area contributed by atoms with Crippen LogP contribution in [-0.2, 0) is 4.74 Å². The summed E-state index contributed by atoms with van der Waals surface area (Å²) in [5.74, 6) is 1.06. The number of benzene rings is 2. The third-order valence-electron chi connectivity index (χ3n) is 5.72. The van der Waals surface area contributed by atoms with Crippen LogP contribution in [0.4, 0.5) is 5.69 Å². The van der Waals surface area contributed by atoms with E-state index < -0.39 is 0 Å². The van der Waals surface area contributed by atoms with Gasteiger partial charge in [-0.15, -0.1) is 11.3 Å². The first-order valence-electron chi connectivity index (χ1n) is 11.4. The number of allylic oxidation sites excluding steroid dienone is 1. The van der Waals surface area contributed by atoms with E-state index in [1.807, 2.05) is 23.6 Å². The highest BCUT2D eigenvalue weighted by Crippen LogP contribution is 2.36. The van der Waals surface area contributed by atoms with Gasteiger partial charge in [-0.05, 0) is 56.3 Å². The standard InChI is InChI=1S/C26H26N4O4S/c1-3-30(4-2)11-12-32-26(31)18-5-8-21(9-6-18)28-15-20(14-27)25-29-22(16-35-25)19-7-10-23-24(13-19)34-17-33-23/h5-10,13,15-16,28H,3-4,11-12,17H2,1-2H3/p+1/b20-15-. The first-order chi connectivity index (χ1) is 17.1. The van der Waals surface area contributed by atoms with Crippen LogP contribution < -0.4 is 19.7 Å². The van der Waals surface area contributed by atoms with Crippen molar-refractivity contribution in [1.29, 1.82) is 5.26 Å². The van der Waals surface area contributed by atoms with Gasteiger partial charge >= 0.3 is 5.97 Å². The van der Waals surface area contributed by atoms with Gasteiger partial charge in [0.25, 0.3) is 0 Å². The van der Waals surface area contributed by atoms with Crippen molar-refractivity contribution in [2.75, 3.05) is 38.4 Å². The topological polar surface area (TPSA) is 97.9 Å². The van der Waals surface area contributed by atoms with Gasteiger partial charge in [0.2, 0.25) is 6.79 Å². The van der Waals surface area contributed by atoms with Crippen LogP contribution in [0, 0.1) is 11.3 Å². The fourth-order valence-corrected chi connectivity index (χ4v) is 4.36. The van der Waals surface area contributed by atoms with Crippen LogP contribution in [0.15, 0.2) is 54.0 Å². The molecule has 0 unspecified atom stereocenters. The second-order valence-corrected chi connectivity index (χ2v) is 8.70. The van der Waals surface area contributed by atoms with Crippen LogP contribution in [-0.4, -0.2) is 44.0 Å². The monoisotopic (exact) mass is 491 g/mol. The molecule has 35 heavy (non-hydrogen) atoms. The molecule has 0 bridgehead atoms. The normalized spacial score (nSPS) is 12.5. The minimum atomic E-state index is -0.338. The summed E-state index contributed by atoms with van der Waals surface area (Å²) in [5.41, 5.74) is 3.29. The predicted octanol–water partition coefficient (Wildman–Crippen LogP) is 3.60. The van der Waals surface area contributed by atoms with Gasteiger partial charge in [0.15, 0.2) is 11.5 Å². The number of likely N-dealkylation sites (N-methyl/N-ethyl adjacent to an activating group) is 1. The number of anilines is 1. The second-order valence-electron chi connectivity index (χ2n) is 7.84. The second kappa shape index (κ2) is 11.5. The number of rotatable bonds is 10. The van der Waals surface area contributed by atoms with E-state index in [2.05, 4.69) is 30.2 Å². The molecule has 1 aromatic heterocycles. The third kappa shape index (κ3) is 5.98. The van der Waals surface area contributed by atoms with Crippen molar-refractivity contribution in [3.63, 3.8) is 0 Å². The first-order valence-corrected chi connectivity index (χ1v) is 12.3. The summed E-state index contributed by atoms with van der Waals surface area (Å²) in [7, 11) is 0. The van der Waals surface area contributed by atoms with E-state index >= 15 is 0 Å². The molecule has 0 aliphatic carbocycles. The number of carbonyl (C=O) groups excluding carboxylic acids is 1. The molecule has 3 aromatic rings. The van der Waals surface area contributed by atoms with E-state index in [0.717, 1.165) is 36.6 Å². The summed E-state index contributed by atoms with van der Waals surface area (Å²) < 4.78 is 16.2. The Morgan fingerprint density at radius 2 is 1.97 bits per heavy atom. The number of nitriles is 1. The Morgan fingerprint density at radius 3 is 2.71 bits per heavy atom. The molecule has 0 radical (unpaired) electrons. The SMILES string of the molecule is CC[NH+](CC)CCOC(=O)c1ccc(N/C=C(/C#N)c2nc(-c3ccc4c(c3)OCO4)cs2)cc1. The number of esters is 1. The molecule has 0 saturated carbocycles. The number of nitrogens with one attached hydrogen (secondary N) is 2. The molecule has 2 N–H and O–H groups in total. The molecule has 8 nitrogen and oxygen atoms in total. The number of aromatic nitrogens is 1. The molecule has 1 aliphatic rings. The van der Waals surface area contributed by atoms with Gasteiger partial charge in [-0.1, -0.05) is 0 Å². The maximum absolute atomic E-state index is 12.3. The predicted molar refractivity (Wildman–Crippen MR) is 135 cm³/mol. The minimum Gasteiger partial charge on any atom is -0.456 e. The fourth-order valence-electron chi connectivity index (χ4n) is 3.56. The van der Waals surface area contributed by atoms with Gasteiger partial charge in [-0.25, -0.2) is 9.78 Å². The van der Waals surface area contributed by atoms with E-state index in [1.54, 1.807) is 30.5 Å². The summed E-state index contributed by atoms with van der Waals surface area (Å²) in [6.45, 7) is 7.66. The van der Waals surface area contributed by atoms with Crippen molar-refractivity contribution in [3.05, 3.63) is 64.6 Å². The molecule has 1 aliphatic heterocycles. The average molecular weight is 492 g/mol. The van der Waals surface area contributed by atoms with Crippen molar-refractivity contribution >= 4 is 28.6 Å². The van der Waals surface area contributed by atoms with E-state index in [-0.39, 0.29) is 12.8 Å². The Balaban J connectivity index is 1.36. The van der Waals surface area contributed by atoms with Gasteiger partial charge < -0.3 is 24.4 Å². The lowest BCUT2D eigenvalue weighted by atomic mass is 10.1. The number of nitrogens with zero attached hydrogens (tertiary/aromatic N) is 2. The number of hydrogen-bond donors (Lipinski definition) is 2. The summed E-state index contributed by atoms with van der Waals surface area (Å²) in [6, 6.07) is 14.8. The van der Waals surface area contributed by atoms with Crippen LogP contribution in [0.5, 0.6) is 11.5 Å². The Kier molecular flexibility index (Phi) is 7.98. The number of thiazole rings is 1. The highest BCUT2D eigenvalue weighted by atomic mass is 32.1. The number of ether oxygens (including phenoxy) is 3. The molecular formula is C26H27N4O4S+. The van der Waals surface area contributed by atoms with Crippen molar-refractivity contribution < 1.29 is 23.9 Å². The number of fused-ring (bicyclic) bond motifs is 1. The lowest BCUT2D eigenvalue weighted by molar-refractivity contribution is -0.896. The maximum atomic E-state index is 12.3. The smallest absolute Gasteiger partial charge is 0.338 e. The molecule has 0 atom stereocenters. The highest BCUT2D eigenvalue weighted by molar-refractivity contribution is 7.11. The van der Waals surface area contributed by atoms with E-state index in [0.29, 0.717) is 34.3 Å². The molecule has 9 heteroatoms. The Labute approximate surface area is 208 Å². The Hall–Kier alpha value is -3.87. The summed E-state index contributed by atoms with van der Waals surface area (Å²) in [5, 5.41) is 15.3. The molecule has 180 valence electrons. The van der Waals surface area contributed by atoms with E-state index in [1.165, 1.54) is 16.2 Å². The van der Waals surface area contributed by atoms with Crippen LogP contribution in [0.3, 0.4) is 0 Å². The van der Waals surface area contributed by atoms with Crippen LogP contribution in [0.25, 0.3) is 16.8 Å². The number of hydrogen-bond acceptors (Lipinski definition) is 8. The lowest BCUT2D eigenvalue weighted by Gasteiger charge is -2.15. The largest absolute Gasteiger partial charge is 0.456 e. The lowest BCUT2D eigenvalue weighted by Crippen LogP contribution is -3.11. The minimum absolute atomic E-state index is 0.216. The van der Waals surface area contributed by atoms with Crippen LogP contribution >= 0.6 is 11.3 Å². The summed E-state index contributed by atoms with van der Waals surface area (Å²) >= 11 is 1.39. The molecule has 2 heterocycles. The van der Waals surface area contributed by atoms with Gasteiger partial charge in [0.1, 0.15) is 29.8 Å². The molecular weight excluding hydrogens is 464 g/mol. The zero-order chi connectivity index (χ0) is 24.6. The van der Waals surface area contributed by atoms with Gasteiger partial charge in [0.05, 0.1) is 24.3 Å². The van der Waals surface area contributed by atoms with E-state index in [9.17, 15) is 10.1 Å². The van der Waals surface area contributed by atoms with Crippen molar-refractivity contribution in [2.24, 2.45) is 0 Å². The quantitative estimate of drug-likeness (QED) is 0.330. The van der Waals surface area contributed by atoms with Crippen molar-refractivity contribution in [3.8, 4) is 28.8 Å². The molecule has 0 fully saturated rings. The van der Waals surface area contributed by atoms with E-state index in [4.69, 9.17) is 14.2 Å².